The fraction of sp³-hybridized carbons (Fsp3) is 0.545. The van der Waals surface area contributed by atoms with Crippen molar-refractivity contribution in [3.05, 3.63) is 23.9 Å². The third-order valence-electron chi connectivity index (χ3n) is 2.30. The molecule has 5 heteroatoms. The third kappa shape index (κ3) is 3.90. The van der Waals surface area contributed by atoms with Gasteiger partial charge in [-0.2, -0.15) is 0 Å². The van der Waals surface area contributed by atoms with Crippen LogP contribution in [0.2, 0.25) is 0 Å². The first-order chi connectivity index (χ1) is 7.67. The van der Waals surface area contributed by atoms with E-state index in [-0.39, 0.29) is 5.25 Å². The van der Waals surface area contributed by atoms with Gasteiger partial charge in [-0.05, 0) is 19.0 Å². The van der Waals surface area contributed by atoms with Crippen LogP contribution in [0.3, 0.4) is 0 Å². The normalized spacial score (nSPS) is 14.4. The van der Waals surface area contributed by atoms with Gasteiger partial charge in [0.05, 0.1) is 18.6 Å². The zero-order valence-corrected chi connectivity index (χ0v) is 10.5. The molecule has 0 spiro atoms. The zero-order valence-electron chi connectivity index (χ0n) is 9.68. The number of ether oxygens (including phenoxy) is 1. The molecule has 0 aromatic carbocycles. The molecule has 1 rings (SSSR count). The molecule has 1 aromatic rings. The molecule has 4 nitrogen and oxygen atoms in total. The SMILES string of the molecule is COc1cccc(CS(=O)C(C)CCN)n1. The zero-order chi connectivity index (χ0) is 12.0. The Morgan fingerprint density at radius 2 is 2.31 bits per heavy atom. The van der Waals surface area contributed by atoms with Gasteiger partial charge in [-0.1, -0.05) is 13.0 Å². The average Bonchev–Trinajstić information content (AvgIpc) is 2.29. The molecule has 0 aliphatic carbocycles. The van der Waals surface area contributed by atoms with E-state index in [4.69, 9.17) is 10.5 Å². The molecule has 16 heavy (non-hydrogen) atoms. The first-order valence-electron chi connectivity index (χ1n) is 5.24. The summed E-state index contributed by atoms with van der Waals surface area (Å²) in [5, 5.41) is 0.109. The molecule has 0 aliphatic heterocycles. The van der Waals surface area contributed by atoms with E-state index in [0.717, 1.165) is 12.1 Å². The van der Waals surface area contributed by atoms with Crippen LogP contribution in [0.1, 0.15) is 19.0 Å². The van der Waals surface area contributed by atoms with Crippen molar-refractivity contribution in [2.24, 2.45) is 5.73 Å². The van der Waals surface area contributed by atoms with E-state index in [0.29, 0.717) is 18.2 Å². The minimum Gasteiger partial charge on any atom is -0.481 e. The largest absolute Gasteiger partial charge is 0.481 e. The standard InChI is InChI=1S/C11H18N2O2S/c1-9(6-7-12)16(14)8-10-4-3-5-11(13-10)15-2/h3-5,9H,6-8,12H2,1-2H3. The molecule has 1 aromatic heterocycles. The molecular weight excluding hydrogens is 224 g/mol. The average molecular weight is 242 g/mol. The van der Waals surface area contributed by atoms with Crippen LogP contribution < -0.4 is 10.5 Å². The topological polar surface area (TPSA) is 65.2 Å². The Morgan fingerprint density at radius 3 is 2.94 bits per heavy atom. The lowest BCUT2D eigenvalue weighted by Gasteiger charge is -2.09. The molecule has 2 unspecified atom stereocenters. The van der Waals surface area contributed by atoms with E-state index in [2.05, 4.69) is 4.98 Å². The summed E-state index contributed by atoms with van der Waals surface area (Å²) in [6.45, 7) is 2.52. The highest BCUT2D eigenvalue weighted by molar-refractivity contribution is 7.84. The van der Waals surface area contributed by atoms with Crippen LogP contribution in [-0.4, -0.2) is 28.1 Å². The highest BCUT2D eigenvalue weighted by atomic mass is 32.2. The van der Waals surface area contributed by atoms with Crippen molar-refractivity contribution >= 4 is 10.8 Å². The summed E-state index contributed by atoms with van der Waals surface area (Å²) >= 11 is 0. The molecular formula is C11H18N2O2S. The number of nitrogens with two attached hydrogens (primary N) is 1. The maximum atomic E-state index is 11.9. The summed E-state index contributed by atoms with van der Waals surface area (Å²) in [6.07, 6.45) is 0.774. The molecule has 1 heterocycles. The lowest BCUT2D eigenvalue weighted by molar-refractivity contribution is 0.397. The van der Waals surface area contributed by atoms with Crippen LogP contribution >= 0.6 is 0 Å². The van der Waals surface area contributed by atoms with Crippen LogP contribution in [0.25, 0.3) is 0 Å². The van der Waals surface area contributed by atoms with E-state index in [9.17, 15) is 4.21 Å². The maximum Gasteiger partial charge on any atom is 0.213 e. The molecule has 0 bridgehead atoms. The molecule has 90 valence electrons. The first-order valence-corrected chi connectivity index (χ1v) is 6.62. The van der Waals surface area contributed by atoms with Crippen molar-refractivity contribution in [3.63, 3.8) is 0 Å². The van der Waals surface area contributed by atoms with Gasteiger partial charge in [0, 0.05) is 22.1 Å². The summed E-state index contributed by atoms with van der Waals surface area (Å²) in [5.41, 5.74) is 6.23. The molecule has 0 radical (unpaired) electrons. The van der Waals surface area contributed by atoms with Gasteiger partial charge in [-0.25, -0.2) is 4.98 Å². The second-order valence-electron chi connectivity index (χ2n) is 3.58. The fourth-order valence-electron chi connectivity index (χ4n) is 1.31. The van der Waals surface area contributed by atoms with Crippen LogP contribution in [0, 0.1) is 0 Å². The van der Waals surface area contributed by atoms with E-state index in [1.165, 1.54) is 0 Å². The van der Waals surface area contributed by atoms with E-state index < -0.39 is 10.8 Å². The van der Waals surface area contributed by atoms with Crippen molar-refractivity contribution in [1.82, 2.24) is 4.98 Å². The first kappa shape index (κ1) is 13.1. The van der Waals surface area contributed by atoms with Gasteiger partial charge in [0.2, 0.25) is 5.88 Å². The Hall–Kier alpha value is -0.940. The molecule has 0 saturated heterocycles. The van der Waals surface area contributed by atoms with Crippen LogP contribution in [-0.2, 0) is 16.6 Å². The summed E-state index contributed by atoms with van der Waals surface area (Å²) in [5.74, 6) is 1.01. The molecule has 0 fully saturated rings. The second-order valence-corrected chi connectivity index (χ2v) is 5.44. The minimum atomic E-state index is -0.924. The van der Waals surface area contributed by atoms with Gasteiger partial charge >= 0.3 is 0 Å². The number of hydrogen-bond acceptors (Lipinski definition) is 4. The van der Waals surface area contributed by atoms with E-state index in [1.807, 2.05) is 19.1 Å². The van der Waals surface area contributed by atoms with E-state index in [1.54, 1.807) is 13.2 Å². The van der Waals surface area contributed by atoms with Crippen LogP contribution in [0.15, 0.2) is 18.2 Å². The lowest BCUT2D eigenvalue weighted by Crippen LogP contribution is -2.17. The number of pyridine rings is 1. The van der Waals surface area contributed by atoms with Crippen molar-refractivity contribution in [3.8, 4) is 5.88 Å². The number of methoxy groups -OCH3 is 1. The summed E-state index contributed by atoms with van der Waals surface area (Å²) in [7, 11) is 0.646. The highest BCUT2D eigenvalue weighted by Crippen LogP contribution is 2.11. The van der Waals surface area contributed by atoms with Gasteiger partial charge in [-0.15, -0.1) is 0 Å². The quantitative estimate of drug-likeness (QED) is 0.810. The Kier molecular flexibility index (Phi) is 5.42. The van der Waals surface area contributed by atoms with Gasteiger partial charge in [0.15, 0.2) is 0 Å². The van der Waals surface area contributed by atoms with Gasteiger partial charge in [-0.3, -0.25) is 4.21 Å². The van der Waals surface area contributed by atoms with Crippen molar-refractivity contribution in [1.29, 1.82) is 0 Å². The Balaban J connectivity index is 2.61. The monoisotopic (exact) mass is 242 g/mol. The van der Waals surface area contributed by atoms with Crippen LogP contribution in [0.4, 0.5) is 0 Å². The summed E-state index contributed by atoms with van der Waals surface area (Å²) in [6, 6.07) is 5.48. The Morgan fingerprint density at radius 1 is 1.56 bits per heavy atom. The summed E-state index contributed by atoms with van der Waals surface area (Å²) in [4.78, 5) is 4.23. The number of aromatic nitrogens is 1. The highest BCUT2D eigenvalue weighted by Gasteiger charge is 2.11. The predicted molar refractivity (Wildman–Crippen MR) is 65.8 cm³/mol. The number of rotatable bonds is 6. The maximum absolute atomic E-state index is 11.9. The smallest absolute Gasteiger partial charge is 0.213 e. The molecule has 0 amide bonds. The van der Waals surface area contributed by atoms with Crippen molar-refractivity contribution < 1.29 is 8.95 Å². The molecule has 2 atom stereocenters. The predicted octanol–water partition coefficient (Wildman–Crippen LogP) is 1.08. The number of hydrogen-bond donors (Lipinski definition) is 1. The van der Waals surface area contributed by atoms with Crippen molar-refractivity contribution in [2.45, 2.75) is 24.3 Å². The second kappa shape index (κ2) is 6.60. The van der Waals surface area contributed by atoms with Crippen LogP contribution in [0.5, 0.6) is 5.88 Å². The minimum absolute atomic E-state index is 0.109. The third-order valence-corrected chi connectivity index (χ3v) is 4.02. The Labute approximate surface area is 98.7 Å². The van der Waals surface area contributed by atoms with Crippen molar-refractivity contribution in [2.75, 3.05) is 13.7 Å². The fourth-order valence-corrected chi connectivity index (χ4v) is 2.44. The Bertz CT molecular complexity index is 358. The summed E-state index contributed by atoms with van der Waals surface area (Å²) < 4.78 is 16.9. The van der Waals surface area contributed by atoms with E-state index >= 15 is 0 Å². The van der Waals surface area contributed by atoms with Gasteiger partial charge < -0.3 is 10.5 Å². The molecule has 2 N–H and O–H groups in total. The van der Waals surface area contributed by atoms with Gasteiger partial charge in [0.1, 0.15) is 0 Å². The lowest BCUT2D eigenvalue weighted by atomic mass is 10.3. The molecule has 0 saturated carbocycles. The number of nitrogens with zero attached hydrogens (tertiary/aromatic N) is 1. The molecule has 0 aliphatic rings. The van der Waals surface area contributed by atoms with Gasteiger partial charge in [0.25, 0.3) is 0 Å².